The van der Waals surface area contributed by atoms with Gasteiger partial charge in [-0.2, -0.15) is 0 Å². The molecule has 0 saturated carbocycles. The second kappa shape index (κ2) is 21.6. The van der Waals surface area contributed by atoms with Crippen molar-refractivity contribution in [2.75, 3.05) is 9.80 Å². The molecular formula is C84H60N2. The molecule has 2 nitrogen and oxygen atoms in total. The molecule has 2 heteroatoms. The van der Waals surface area contributed by atoms with E-state index in [9.17, 15) is 0 Å². The van der Waals surface area contributed by atoms with Gasteiger partial charge in [0, 0.05) is 34.1 Å². The first-order chi connectivity index (χ1) is 42.5. The number of anilines is 6. The van der Waals surface area contributed by atoms with Gasteiger partial charge in [0.05, 0.1) is 10.8 Å². The fraction of sp³-hybridized carbons (Fsp3) is 0.0238. The maximum absolute atomic E-state index is 4.13. The van der Waals surface area contributed by atoms with E-state index in [0.29, 0.717) is 0 Å². The average Bonchev–Trinajstić information content (AvgIpc) is 1.58. The summed E-state index contributed by atoms with van der Waals surface area (Å²) < 4.78 is 0. The molecule has 406 valence electrons. The molecule has 13 aromatic rings. The minimum atomic E-state index is -0.597. The lowest BCUT2D eigenvalue weighted by Crippen LogP contribution is -2.28. The van der Waals surface area contributed by atoms with E-state index < -0.39 is 10.8 Å². The number of fused-ring (bicyclic) bond motifs is 6. The fourth-order valence-corrected chi connectivity index (χ4v) is 14.1. The van der Waals surface area contributed by atoms with E-state index in [-0.39, 0.29) is 0 Å². The molecule has 0 radical (unpaired) electrons. The van der Waals surface area contributed by atoms with Gasteiger partial charge in [-0.05, 0) is 179 Å². The van der Waals surface area contributed by atoms with Crippen LogP contribution in [0.5, 0.6) is 0 Å². The first-order valence-electron chi connectivity index (χ1n) is 29.6. The van der Waals surface area contributed by atoms with Gasteiger partial charge in [-0.15, -0.1) is 0 Å². The van der Waals surface area contributed by atoms with Gasteiger partial charge in [0.2, 0.25) is 0 Å². The van der Waals surface area contributed by atoms with E-state index in [0.717, 1.165) is 67.5 Å². The summed E-state index contributed by atoms with van der Waals surface area (Å²) in [5, 5.41) is 0. The Kier molecular flexibility index (Phi) is 13.0. The van der Waals surface area contributed by atoms with Crippen molar-refractivity contribution in [2.24, 2.45) is 0 Å². The van der Waals surface area contributed by atoms with Gasteiger partial charge in [-0.3, -0.25) is 0 Å². The first kappa shape index (κ1) is 51.8. The quantitative estimate of drug-likeness (QED) is 0.107. The minimum Gasteiger partial charge on any atom is -0.310 e. The summed E-state index contributed by atoms with van der Waals surface area (Å²) in [6, 6.07) is 121. The van der Waals surface area contributed by atoms with Gasteiger partial charge in [0.15, 0.2) is 0 Å². The normalized spacial score (nSPS) is 12.9. The third-order valence-corrected chi connectivity index (χ3v) is 17.9. The van der Waals surface area contributed by atoms with Crippen molar-refractivity contribution in [3.63, 3.8) is 0 Å². The predicted octanol–water partition coefficient (Wildman–Crippen LogP) is 22.0. The molecule has 0 fully saturated rings. The molecule has 0 bridgehead atoms. The van der Waals surface area contributed by atoms with E-state index in [1.54, 1.807) is 0 Å². The smallest absolute Gasteiger partial charge is 0.0714 e. The maximum atomic E-state index is 4.13. The summed E-state index contributed by atoms with van der Waals surface area (Å²) in [5.74, 6) is 0. The molecule has 13 aromatic carbocycles. The molecule has 0 spiro atoms. The van der Waals surface area contributed by atoms with Crippen molar-refractivity contribution in [2.45, 2.75) is 10.8 Å². The van der Waals surface area contributed by atoms with Crippen molar-refractivity contribution in [3.05, 3.63) is 396 Å². The van der Waals surface area contributed by atoms with Crippen LogP contribution in [0.3, 0.4) is 0 Å². The van der Waals surface area contributed by atoms with Gasteiger partial charge >= 0.3 is 0 Å². The Morgan fingerprint density at radius 3 is 0.884 bits per heavy atom. The molecule has 15 rings (SSSR count). The summed E-state index contributed by atoms with van der Waals surface area (Å²) >= 11 is 0. The molecular weight excluding hydrogens is 1040 g/mol. The van der Waals surface area contributed by atoms with Crippen LogP contribution in [-0.2, 0) is 10.8 Å². The minimum absolute atomic E-state index is 0.597. The van der Waals surface area contributed by atoms with Gasteiger partial charge in [0.1, 0.15) is 0 Å². The maximum Gasteiger partial charge on any atom is 0.0714 e. The molecule has 0 amide bonds. The van der Waals surface area contributed by atoms with E-state index in [4.69, 9.17) is 0 Å². The SMILES string of the molecule is C=Cc1cccc(-c2cccc(N(c3cccc(N(c4cccc(-c5cccc(C=C)c5)c4)c4ccc5c(c4)C(c4ccccc4)(c4ccccc4)c4ccccc4-5)c3)c3ccc4c(c3)C(c3ccccc3)(c3ccccc3)c3ccccc3-4)c2)c1. The monoisotopic (exact) mass is 1100 g/mol. The number of benzene rings is 13. The Hall–Kier alpha value is -11.1. The first-order valence-corrected chi connectivity index (χ1v) is 29.6. The fourth-order valence-electron chi connectivity index (χ4n) is 14.1. The molecule has 0 atom stereocenters. The summed E-state index contributed by atoms with van der Waals surface area (Å²) in [6.45, 7) is 8.26. The molecule has 2 aliphatic rings. The van der Waals surface area contributed by atoms with Crippen LogP contribution in [0.4, 0.5) is 34.1 Å². The van der Waals surface area contributed by atoms with Gasteiger partial charge in [-0.25, -0.2) is 0 Å². The predicted molar refractivity (Wildman–Crippen MR) is 361 cm³/mol. The van der Waals surface area contributed by atoms with Crippen LogP contribution >= 0.6 is 0 Å². The lowest BCUT2D eigenvalue weighted by atomic mass is 9.67. The molecule has 0 aliphatic heterocycles. The Bertz CT molecular complexity index is 4320. The van der Waals surface area contributed by atoms with Gasteiger partial charge in [0.25, 0.3) is 0 Å². The molecule has 0 unspecified atom stereocenters. The Morgan fingerprint density at radius 2 is 0.512 bits per heavy atom. The molecule has 0 heterocycles. The highest BCUT2D eigenvalue weighted by Crippen LogP contribution is 2.59. The highest BCUT2D eigenvalue weighted by Gasteiger charge is 2.48. The second-order valence-corrected chi connectivity index (χ2v) is 22.5. The molecule has 0 N–H and O–H groups in total. The summed E-state index contributed by atoms with van der Waals surface area (Å²) in [6.07, 6.45) is 3.84. The molecule has 0 aromatic heterocycles. The van der Waals surface area contributed by atoms with Crippen LogP contribution in [0.1, 0.15) is 55.6 Å². The van der Waals surface area contributed by atoms with Crippen LogP contribution in [-0.4, -0.2) is 0 Å². The summed E-state index contributed by atoms with van der Waals surface area (Å²) in [4.78, 5) is 4.91. The van der Waals surface area contributed by atoms with Crippen molar-refractivity contribution < 1.29 is 0 Å². The second-order valence-electron chi connectivity index (χ2n) is 22.5. The Balaban J connectivity index is 0.974. The Morgan fingerprint density at radius 1 is 0.221 bits per heavy atom. The number of rotatable bonds is 14. The van der Waals surface area contributed by atoms with E-state index >= 15 is 0 Å². The van der Waals surface area contributed by atoms with Crippen LogP contribution in [0.15, 0.2) is 341 Å². The largest absolute Gasteiger partial charge is 0.310 e. The zero-order valence-corrected chi connectivity index (χ0v) is 47.6. The lowest BCUT2D eigenvalue weighted by molar-refractivity contribution is 0.768. The topological polar surface area (TPSA) is 6.48 Å². The summed E-state index contributed by atoms with van der Waals surface area (Å²) in [7, 11) is 0. The van der Waals surface area contributed by atoms with E-state index in [1.165, 1.54) is 66.8 Å². The highest BCUT2D eigenvalue weighted by molar-refractivity contribution is 5.93. The van der Waals surface area contributed by atoms with Crippen molar-refractivity contribution in [1.82, 2.24) is 0 Å². The van der Waals surface area contributed by atoms with Crippen LogP contribution < -0.4 is 9.80 Å². The zero-order valence-electron chi connectivity index (χ0n) is 47.6. The third kappa shape index (κ3) is 8.48. The molecule has 86 heavy (non-hydrogen) atoms. The van der Waals surface area contributed by atoms with Crippen LogP contribution in [0.25, 0.3) is 56.7 Å². The van der Waals surface area contributed by atoms with Crippen molar-refractivity contribution in [1.29, 1.82) is 0 Å². The number of nitrogens with zero attached hydrogens (tertiary/aromatic N) is 2. The van der Waals surface area contributed by atoms with E-state index in [1.807, 2.05) is 12.2 Å². The van der Waals surface area contributed by atoms with Crippen molar-refractivity contribution >= 4 is 46.3 Å². The van der Waals surface area contributed by atoms with Gasteiger partial charge in [-0.1, -0.05) is 274 Å². The van der Waals surface area contributed by atoms with Crippen molar-refractivity contribution in [3.8, 4) is 44.5 Å². The number of hydrogen-bond acceptors (Lipinski definition) is 2. The van der Waals surface area contributed by atoms with E-state index in [2.05, 4.69) is 351 Å². The average molecular weight is 1100 g/mol. The Labute approximate surface area is 504 Å². The lowest BCUT2D eigenvalue weighted by Gasteiger charge is -2.35. The summed E-state index contributed by atoms with van der Waals surface area (Å²) in [5.41, 5.74) is 26.5. The van der Waals surface area contributed by atoms with Crippen LogP contribution in [0.2, 0.25) is 0 Å². The van der Waals surface area contributed by atoms with Gasteiger partial charge < -0.3 is 9.80 Å². The third-order valence-electron chi connectivity index (χ3n) is 17.9. The standard InChI is InChI=1S/C84H60N2/c1-3-59-26-21-28-61(52-59)63-30-23-40-69(54-63)85(73-48-50-77-75-44-17-19-46-79(75)83(81(77)57-73,65-32-9-5-10-33-65)66-34-11-6-12-35-66)71-42-25-43-72(56-71)86(70-41-24-31-64(55-70)62-29-22-27-60(4-2)53-62)74-49-51-78-76-45-18-20-47-80(76)84(82(78)58-74,67-36-13-7-14-37-67)68-38-15-8-16-39-68/h3-58H,1-2H2. The zero-order chi connectivity index (χ0) is 57.6. The molecule has 0 saturated heterocycles. The number of hydrogen-bond donors (Lipinski definition) is 0. The molecule has 2 aliphatic carbocycles. The highest BCUT2D eigenvalue weighted by atomic mass is 15.2. The van der Waals surface area contributed by atoms with Crippen LogP contribution in [0, 0.1) is 0 Å².